The molecule has 0 saturated carbocycles. The molecule has 1 aliphatic rings. The topological polar surface area (TPSA) is 84.7 Å². The van der Waals surface area contributed by atoms with Gasteiger partial charge in [-0.3, -0.25) is 9.59 Å². The molecular formula is C11H21N3O3. The lowest BCUT2D eigenvalue weighted by Gasteiger charge is -2.32. The van der Waals surface area contributed by atoms with Gasteiger partial charge in [0.25, 0.3) is 0 Å². The van der Waals surface area contributed by atoms with E-state index in [0.717, 1.165) is 12.8 Å². The Morgan fingerprint density at radius 3 is 2.53 bits per heavy atom. The first-order chi connectivity index (χ1) is 8.04. The van der Waals surface area contributed by atoms with Crippen LogP contribution < -0.4 is 11.1 Å². The Morgan fingerprint density at radius 2 is 2.06 bits per heavy atom. The number of nitrogens with one attached hydrogen (secondary N) is 1. The van der Waals surface area contributed by atoms with Crippen molar-refractivity contribution in [3.05, 3.63) is 0 Å². The van der Waals surface area contributed by atoms with Crippen LogP contribution in [0.15, 0.2) is 0 Å². The van der Waals surface area contributed by atoms with Crippen molar-refractivity contribution in [2.24, 2.45) is 5.73 Å². The summed E-state index contributed by atoms with van der Waals surface area (Å²) < 4.78 is 4.80. The number of nitrogens with two attached hydrogens (primary N) is 1. The van der Waals surface area contributed by atoms with Crippen molar-refractivity contribution in [3.63, 3.8) is 0 Å². The number of hydrogen-bond donors (Lipinski definition) is 2. The van der Waals surface area contributed by atoms with Crippen molar-refractivity contribution in [2.75, 3.05) is 26.8 Å². The van der Waals surface area contributed by atoms with Crippen LogP contribution in [-0.4, -0.2) is 55.6 Å². The number of piperidine rings is 1. The van der Waals surface area contributed by atoms with E-state index in [1.807, 2.05) is 0 Å². The Hall–Kier alpha value is -1.14. The molecule has 0 spiro atoms. The average Bonchev–Trinajstić information content (AvgIpc) is 2.30. The van der Waals surface area contributed by atoms with Gasteiger partial charge in [-0.25, -0.2) is 0 Å². The van der Waals surface area contributed by atoms with Gasteiger partial charge in [-0.15, -0.1) is 0 Å². The second-order valence-electron chi connectivity index (χ2n) is 4.39. The summed E-state index contributed by atoms with van der Waals surface area (Å²) in [6.07, 6.45) is 1.54. The van der Waals surface area contributed by atoms with Gasteiger partial charge in [-0.05, 0) is 19.8 Å². The highest BCUT2D eigenvalue weighted by molar-refractivity contribution is 5.81. The molecule has 6 nitrogen and oxygen atoms in total. The van der Waals surface area contributed by atoms with E-state index in [9.17, 15) is 9.59 Å². The number of amides is 2. The van der Waals surface area contributed by atoms with Gasteiger partial charge in [-0.1, -0.05) is 0 Å². The molecule has 1 rings (SSSR count). The van der Waals surface area contributed by atoms with Crippen molar-refractivity contribution in [3.8, 4) is 0 Å². The maximum absolute atomic E-state index is 11.5. The Morgan fingerprint density at radius 1 is 1.47 bits per heavy atom. The summed E-state index contributed by atoms with van der Waals surface area (Å²) in [6.45, 7) is 3.10. The zero-order valence-corrected chi connectivity index (χ0v) is 10.4. The molecule has 1 saturated heterocycles. The van der Waals surface area contributed by atoms with Gasteiger partial charge in [0, 0.05) is 26.2 Å². The summed E-state index contributed by atoms with van der Waals surface area (Å²) in [5.41, 5.74) is 5.48. The van der Waals surface area contributed by atoms with Gasteiger partial charge in [0.05, 0.1) is 6.04 Å². The van der Waals surface area contributed by atoms with Gasteiger partial charge in [0.15, 0.2) is 0 Å². The van der Waals surface area contributed by atoms with E-state index in [4.69, 9.17) is 10.5 Å². The molecule has 0 radical (unpaired) electrons. The number of hydrogen-bond acceptors (Lipinski definition) is 4. The third kappa shape index (κ3) is 4.32. The van der Waals surface area contributed by atoms with E-state index in [0.29, 0.717) is 13.1 Å². The van der Waals surface area contributed by atoms with Crippen LogP contribution in [0, 0.1) is 0 Å². The van der Waals surface area contributed by atoms with Crippen LogP contribution in [0.4, 0.5) is 0 Å². The van der Waals surface area contributed by atoms with Gasteiger partial charge < -0.3 is 20.7 Å². The Labute approximate surface area is 101 Å². The number of ether oxygens (including phenoxy) is 1. The van der Waals surface area contributed by atoms with Crippen LogP contribution in [0.3, 0.4) is 0 Å². The molecule has 0 aromatic rings. The fraction of sp³-hybridized carbons (Fsp3) is 0.818. The number of nitrogens with zero attached hydrogens (tertiary/aromatic N) is 1. The molecule has 1 aliphatic heterocycles. The minimum Gasteiger partial charge on any atom is -0.375 e. The first kappa shape index (κ1) is 13.9. The largest absolute Gasteiger partial charge is 0.375 e. The van der Waals surface area contributed by atoms with Crippen LogP contribution in [-0.2, 0) is 14.3 Å². The Bertz CT molecular complexity index is 273. The molecule has 0 aromatic carbocycles. The van der Waals surface area contributed by atoms with Crippen LogP contribution in [0.25, 0.3) is 0 Å². The molecule has 0 aliphatic carbocycles. The number of carbonyl (C=O) groups excluding carboxylic acids is 2. The monoisotopic (exact) mass is 243 g/mol. The molecule has 2 amide bonds. The first-order valence-electron chi connectivity index (χ1n) is 5.87. The lowest BCUT2D eigenvalue weighted by Crippen LogP contribution is -2.50. The smallest absolute Gasteiger partial charge is 0.248 e. The minimum atomic E-state index is -0.483. The second kappa shape index (κ2) is 6.56. The highest BCUT2D eigenvalue weighted by Crippen LogP contribution is 2.10. The number of methoxy groups -OCH3 is 1. The molecule has 3 N–H and O–H groups in total. The minimum absolute atomic E-state index is 0.00414. The van der Waals surface area contributed by atoms with E-state index >= 15 is 0 Å². The quantitative estimate of drug-likeness (QED) is 0.669. The maximum atomic E-state index is 11.5. The zero-order valence-electron chi connectivity index (χ0n) is 10.4. The molecule has 1 unspecified atom stereocenters. The standard InChI is InChI=1S/C11H21N3O3/c1-8(12)11(16)13-9-3-5-14(6-4-9)10(15)7-17-2/h8-9H,3-7,12H2,1-2H3,(H,13,16). The Balaban J connectivity index is 2.31. The number of rotatable bonds is 4. The highest BCUT2D eigenvalue weighted by Gasteiger charge is 2.24. The molecule has 1 atom stereocenters. The van der Waals surface area contributed by atoms with Crippen LogP contribution in [0.5, 0.6) is 0 Å². The molecule has 1 heterocycles. The SMILES string of the molecule is COCC(=O)N1CCC(NC(=O)C(C)N)CC1. The van der Waals surface area contributed by atoms with Gasteiger partial charge in [-0.2, -0.15) is 0 Å². The molecule has 0 bridgehead atoms. The number of likely N-dealkylation sites (tertiary alicyclic amines) is 1. The molecule has 1 fully saturated rings. The molecular weight excluding hydrogens is 222 g/mol. The molecule has 6 heteroatoms. The zero-order chi connectivity index (χ0) is 12.8. The van der Waals surface area contributed by atoms with E-state index in [2.05, 4.69) is 5.32 Å². The molecule has 98 valence electrons. The summed E-state index contributed by atoms with van der Waals surface area (Å²) in [7, 11) is 1.51. The normalized spacial score (nSPS) is 18.9. The summed E-state index contributed by atoms with van der Waals surface area (Å²) in [5.74, 6) is -0.129. The third-order valence-corrected chi connectivity index (χ3v) is 2.88. The van der Waals surface area contributed by atoms with Crippen LogP contribution in [0.1, 0.15) is 19.8 Å². The lowest BCUT2D eigenvalue weighted by molar-refractivity contribution is -0.136. The summed E-state index contributed by atoms with van der Waals surface area (Å²) in [5, 5.41) is 2.88. The van der Waals surface area contributed by atoms with Crippen molar-refractivity contribution in [1.82, 2.24) is 10.2 Å². The van der Waals surface area contributed by atoms with Crippen molar-refractivity contribution in [1.29, 1.82) is 0 Å². The second-order valence-corrected chi connectivity index (χ2v) is 4.39. The fourth-order valence-electron chi connectivity index (χ4n) is 1.82. The van der Waals surface area contributed by atoms with Crippen LogP contribution >= 0.6 is 0 Å². The maximum Gasteiger partial charge on any atom is 0.248 e. The van der Waals surface area contributed by atoms with E-state index < -0.39 is 6.04 Å². The van der Waals surface area contributed by atoms with E-state index in [1.54, 1.807) is 11.8 Å². The van der Waals surface area contributed by atoms with E-state index in [-0.39, 0.29) is 24.5 Å². The number of carbonyl (C=O) groups is 2. The fourth-order valence-corrected chi connectivity index (χ4v) is 1.82. The lowest BCUT2D eigenvalue weighted by atomic mass is 10.0. The predicted octanol–water partition coefficient (Wildman–Crippen LogP) is -0.913. The summed E-state index contributed by atoms with van der Waals surface area (Å²) in [6, 6.07) is -0.358. The molecule has 17 heavy (non-hydrogen) atoms. The summed E-state index contributed by atoms with van der Waals surface area (Å²) >= 11 is 0. The summed E-state index contributed by atoms with van der Waals surface area (Å²) in [4.78, 5) is 24.7. The third-order valence-electron chi connectivity index (χ3n) is 2.88. The van der Waals surface area contributed by atoms with Crippen molar-refractivity contribution < 1.29 is 14.3 Å². The van der Waals surface area contributed by atoms with Gasteiger partial charge >= 0.3 is 0 Å². The predicted molar refractivity (Wildman–Crippen MR) is 63.3 cm³/mol. The van der Waals surface area contributed by atoms with Crippen LogP contribution in [0.2, 0.25) is 0 Å². The first-order valence-corrected chi connectivity index (χ1v) is 5.87. The van der Waals surface area contributed by atoms with Crippen molar-refractivity contribution in [2.45, 2.75) is 31.8 Å². The highest BCUT2D eigenvalue weighted by atomic mass is 16.5. The van der Waals surface area contributed by atoms with Crippen molar-refractivity contribution >= 4 is 11.8 Å². The van der Waals surface area contributed by atoms with Gasteiger partial charge in [0.1, 0.15) is 6.61 Å². The van der Waals surface area contributed by atoms with E-state index in [1.165, 1.54) is 7.11 Å². The van der Waals surface area contributed by atoms with Gasteiger partial charge in [0.2, 0.25) is 11.8 Å². The molecule has 0 aromatic heterocycles. The average molecular weight is 243 g/mol. The Kier molecular flexibility index (Phi) is 5.37.